The number of aryl methyl sites for hydroxylation is 1. The molecule has 2 aromatic rings. The molecule has 1 heterocycles. The van der Waals surface area contributed by atoms with E-state index in [1.165, 1.54) is 11.1 Å². The predicted molar refractivity (Wildman–Crippen MR) is 199 cm³/mol. The maximum atomic E-state index is 12.1. The zero-order valence-corrected chi connectivity index (χ0v) is 32.2. The SMILES string of the molecule is CC(C)(C)[Si](C)(C)O[C@@H](/C=C/[C@@H]1CC[C@H]1CS(N)(=O)=O)[C@@H]1CC[C@H]1CN1CC2(CCCc3cc(Cl)ccc32)COc2ccc(C(=O)O)cc21. The summed E-state index contributed by atoms with van der Waals surface area (Å²) in [6.45, 7) is 13.4. The third kappa shape index (κ3) is 7.78. The summed E-state index contributed by atoms with van der Waals surface area (Å²) >= 11 is 6.45. The number of nitrogens with two attached hydrogens (primary N) is 1. The van der Waals surface area contributed by atoms with Crippen LogP contribution in [-0.2, 0) is 26.3 Å². The largest absolute Gasteiger partial charge is 0.490 e. The highest BCUT2D eigenvalue weighted by molar-refractivity contribution is 7.89. The molecule has 0 amide bonds. The number of fused-ring (bicyclic) bond motifs is 3. The molecule has 0 saturated heterocycles. The average Bonchev–Trinajstić information content (AvgIpc) is 3.13. The highest BCUT2D eigenvalue weighted by Gasteiger charge is 2.47. The third-order valence-electron chi connectivity index (χ3n) is 12.3. The first kappa shape index (κ1) is 36.4. The summed E-state index contributed by atoms with van der Waals surface area (Å²) in [7, 11) is -5.68. The monoisotopic (exact) mass is 728 g/mol. The van der Waals surface area contributed by atoms with E-state index in [2.05, 4.69) is 63.0 Å². The molecular weight excluding hydrogens is 676 g/mol. The van der Waals surface area contributed by atoms with Crippen molar-refractivity contribution in [2.24, 2.45) is 28.8 Å². The van der Waals surface area contributed by atoms with Crippen molar-refractivity contribution in [3.05, 3.63) is 70.3 Å². The fraction of sp³-hybridized carbons (Fsp3) is 0.605. The van der Waals surface area contributed by atoms with Crippen molar-refractivity contribution in [3.8, 4) is 5.75 Å². The summed E-state index contributed by atoms with van der Waals surface area (Å²) in [5, 5.41) is 16.1. The molecule has 3 N–H and O–H groups in total. The van der Waals surface area contributed by atoms with Crippen LogP contribution < -0.4 is 14.8 Å². The van der Waals surface area contributed by atoms with Crippen LogP contribution in [0.25, 0.3) is 0 Å². The van der Waals surface area contributed by atoms with Crippen LogP contribution in [0, 0.1) is 23.7 Å². The van der Waals surface area contributed by atoms with Crippen LogP contribution in [0.3, 0.4) is 0 Å². The van der Waals surface area contributed by atoms with Crippen molar-refractivity contribution in [3.63, 3.8) is 0 Å². The number of aromatic carboxylic acids is 1. The lowest BCUT2D eigenvalue weighted by atomic mass is 9.68. The number of hydrogen-bond donors (Lipinski definition) is 2. The quantitative estimate of drug-likeness (QED) is 0.189. The van der Waals surface area contributed by atoms with E-state index in [1.54, 1.807) is 12.1 Å². The minimum Gasteiger partial charge on any atom is -0.490 e. The number of anilines is 1. The van der Waals surface area contributed by atoms with E-state index in [4.69, 9.17) is 25.9 Å². The number of benzene rings is 2. The van der Waals surface area contributed by atoms with Crippen LogP contribution in [0.15, 0.2) is 48.6 Å². The van der Waals surface area contributed by atoms with Crippen molar-refractivity contribution >= 4 is 41.6 Å². The lowest BCUT2D eigenvalue weighted by Gasteiger charge is -2.48. The number of primary sulfonamides is 1. The molecule has 6 atom stereocenters. The number of ether oxygens (including phenoxy) is 1. The summed E-state index contributed by atoms with van der Waals surface area (Å²) in [6.07, 6.45) is 11.3. The smallest absolute Gasteiger partial charge is 0.335 e. The van der Waals surface area contributed by atoms with Gasteiger partial charge in [-0.2, -0.15) is 0 Å². The van der Waals surface area contributed by atoms with Crippen molar-refractivity contribution in [2.45, 2.75) is 95.4 Å². The number of hydrogen-bond acceptors (Lipinski definition) is 6. The molecule has 49 heavy (non-hydrogen) atoms. The normalized spacial score (nSPS) is 27.8. The number of carboxylic acids is 1. The van der Waals surface area contributed by atoms with Gasteiger partial charge in [-0.15, -0.1) is 0 Å². The predicted octanol–water partition coefficient (Wildman–Crippen LogP) is 7.80. The van der Waals surface area contributed by atoms with E-state index < -0.39 is 24.3 Å². The molecule has 11 heteroatoms. The number of carbonyl (C=O) groups is 1. The summed E-state index contributed by atoms with van der Waals surface area (Å²) in [6, 6.07) is 11.5. The Morgan fingerprint density at radius 1 is 1.16 bits per heavy atom. The molecule has 2 saturated carbocycles. The fourth-order valence-electron chi connectivity index (χ4n) is 8.18. The third-order valence-corrected chi connectivity index (χ3v) is 17.9. The fourth-order valence-corrected chi connectivity index (χ4v) is 10.7. The zero-order valence-electron chi connectivity index (χ0n) is 29.6. The number of allylic oxidation sites excluding steroid dienone is 1. The first-order valence-electron chi connectivity index (χ1n) is 17.9. The lowest BCUT2D eigenvalue weighted by Crippen LogP contribution is -2.52. The zero-order chi connectivity index (χ0) is 35.4. The Balaban J connectivity index is 1.31. The number of carboxylic acid groups (broad SMARTS) is 1. The van der Waals surface area contributed by atoms with Crippen LogP contribution >= 0.6 is 11.6 Å². The first-order chi connectivity index (χ1) is 22.9. The van der Waals surface area contributed by atoms with Crippen LogP contribution in [0.5, 0.6) is 5.75 Å². The highest BCUT2D eigenvalue weighted by atomic mass is 35.5. The van der Waals surface area contributed by atoms with Gasteiger partial charge in [0.2, 0.25) is 10.0 Å². The van der Waals surface area contributed by atoms with Crippen LogP contribution in [0.2, 0.25) is 23.2 Å². The van der Waals surface area contributed by atoms with Gasteiger partial charge in [-0.1, -0.05) is 50.6 Å². The average molecular weight is 729 g/mol. The molecule has 2 fully saturated rings. The van der Waals surface area contributed by atoms with Gasteiger partial charge in [-0.3, -0.25) is 0 Å². The molecule has 0 radical (unpaired) electrons. The summed E-state index contributed by atoms with van der Waals surface area (Å²) in [5.41, 5.74) is 3.38. The van der Waals surface area contributed by atoms with Gasteiger partial charge >= 0.3 is 5.97 Å². The molecule has 2 aromatic carbocycles. The van der Waals surface area contributed by atoms with E-state index in [1.807, 2.05) is 12.1 Å². The Morgan fingerprint density at radius 3 is 2.55 bits per heavy atom. The second-order valence-electron chi connectivity index (χ2n) is 16.7. The molecular formula is C38H53ClN2O6SSi. The van der Waals surface area contributed by atoms with Gasteiger partial charge in [-0.25, -0.2) is 18.4 Å². The molecule has 268 valence electrons. The van der Waals surface area contributed by atoms with Gasteiger partial charge in [0, 0.05) is 23.5 Å². The Morgan fingerprint density at radius 2 is 1.92 bits per heavy atom. The lowest BCUT2D eigenvalue weighted by molar-refractivity contribution is 0.0519. The Kier molecular flexibility index (Phi) is 10.1. The topological polar surface area (TPSA) is 119 Å². The molecule has 1 spiro atoms. The molecule has 6 rings (SSSR count). The Bertz CT molecular complexity index is 1710. The van der Waals surface area contributed by atoms with Crippen molar-refractivity contribution in [2.75, 3.05) is 30.3 Å². The number of nitrogens with zero attached hydrogens (tertiary/aromatic N) is 1. The highest BCUT2D eigenvalue weighted by Crippen LogP contribution is 2.48. The maximum Gasteiger partial charge on any atom is 0.335 e. The van der Waals surface area contributed by atoms with Gasteiger partial charge in [0.05, 0.1) is 29.7 Å². The number of halogens is 1. The van der Waals surface area contributed by atoms with Crippen molar-refractivity contribution < 1.29 is 27.5 Å². The minimum atomic E-state index is -3.52. The van der Waals surface area contributed by atoms with Crippen LogP contribution in [0.1, 0.15) is 80.8 Å². The Hall–Kier alpha value is -2.37. The van der Waals surface area contributed by atoms with Gasteiger partial charge in [0.15, 0.2) is 8.32 Å². The van der Waals surface area contributed by atoms with Crippen LogP contribution in [0.4, 0.5) is 5.69 Å². The minimum absolute atomic E-state index is 0.0215. The number of rotatable bonds is 10. The number of sulfonamides is 1. The van der Waals surface area contributed by atoms with Gasteiger partial charge < -0.3 is 19.2 Å². The van der Waals surface area contributed by atoms with E-state index in [0.29, 0.717) is 12.5 Å². The van der Waals surface area contributed by atoms with Crippen molar-refractivity contribution in [1.29, 1.82) is 0 Å². The molecule has 3 aliphatic carbocycles. The van der Waals surface area contributed by atoms with Gasteiger partial charge in [0.25, 0.3) is 0 Å². The van der Waals surface area contributed by atoms with Gasteiger partial charge in [0.1, 0.15) is 5.75 Å². The van der Waals surface area contributed by atoms with Crippen LogP contribution in [-0.4, -0.2) is 59.4 Å². The van der Waals surface area contributed by atoms with Crippen molar-refractivity contribution in [1.82, 2.24) is 0 Å². The summed E-state index contributed by atoms with van der Waals surface area (Å²) in [5.74, 6) is 0.638. The molecule has 0 bridgehead atoms. The maximum absolute atomic E-state index is 12.1. The Labute approximate surface area is 298 Å². The molecule has 1 unspecified atom stereocenters. The molecule has 0 aromatic heterocycles. The van der Waals surface area contributed by atoms with E-state index in [-0.39, 0.29) is 45.6 Å². The van der Waals surface area contributed by atoms with Gasteiger partial charge in [-0.05, 0) is 128 Å². The van der Waals surface area contributed by atoms with E-state index in [9.17, 15) is 18.3 Å². The summed E-state index contributed by atoms with van der Waals surface area (Å²) in [4.78, 5) is 14.5. The van der Waals surface area contributed by atoms with E-state index in [0.717, 1.165) is 74.5 Å². The van der Waals surface area contributed by atoms with E-state index >= 15 is 0 Å². The molecule has 8 nitrogen and oxygen atoms in total. The first-order valence-corrected chi connectivity index (χ1v) is 22.9. The molecule has 1 aliphatic heterocycles. The standard InChI is InChI=1S/C38H53ClN2O6SSi/c1-37(2,3)49(4,5)47-34(16-11-25-8-9-29(25)22-48(40,44)45)31-14-10-28(31)21-41-23-38(18-6-7-26-19-30(39)13-15-32(26)38)24-46-35-17-12-27(36(42)43)20-33(35)41/h11-13,15-17,19-20,25,28-29,31,34H,6-10,14,18,21-24H2,1-5H3,(H,42,43)(H2,40,44,45)/b16-11+/t25-,28-,29-,31+,34-,38?/m0/s1. The summed E-state index contributed by atoms with van der Waals surface area (Å²) < 4.78 is 37.5. The molecule has 4 aliphatic rings. The second kappa shape index (κ2) is 13.6. The second-order valence-corrected chi connectivity index (χ2v) is 23.5.